The molecule has 2 rings (SSSR count). The number of amidine groups is 1. The first-order valence-corrected chi connectivity index (χ1v) is 7.30. The first-order valence-electron chi connectivity index (χ1n) is 6.42. The van der Waals surface area contributed by atoms with Crippen molar-refractivity contribution in [2.24, 2.45) is 10.2 Å². The van der Waals surface area contributed by atoms with E-state index in [1.54, 1.807) is 19.1 Å². The maximum atomic E-state index is 11.5. The minimum absolute atomic E-state index is 0.0216. The molecular weight excluding hydrogens is 324 g/mol. The molecule has 1 atom stereocenters. The minimum atomic E-state index is -1.07. The van der Waals surface area contributed by atoms with E-state index in [-0.39, 0.29) is 17.3 Å². The molecule has 1 aliphatic rings. The Morgan fingerprint density at radius 3 is 2.96 bits per heavy atom. The van der Waals surface area contributed by atoms with Crippen LogP contribution in [0.2, 0.25) is 0 Å². The number of rotatable bonds is 5. The lowest BCUT2D eigenvalue weighted by molar-refractivity contribution is -0.385. The van der Waals surface area contributed by atoms with Crippen LogP contribution in [0.15, 0.2) is 28.4 Å². The minimum Gasteiger partial charge on any atom is -0.481 e. The SMILES string of the molecule is Cc1ccc(C=NN=C2NC(=O)C(CC(=O)O)S2)cc1[N+](=O)[O-]. The van der Waals surface area contributed by atoms with Crippen LogP contribution in [-0.2, 0) is 9.59 Å². The Kier molecular flexibility index (Phi) is 5.06. The van der Waals surface area contributed by atoms with Crippen LogP contribution in [0.5, 0.6) is 0 Å². The van der Waals surface area contributed by atoms with Crippen molar-refractivity contribution < 1.29 is 19.6 Å². The third-order valence-electron chi connectivity index (χ3n) is 2.92. The van der Waals surface area contributed by atoms with Crippen molar-refractivity contribution in [3.05, 3.63) is 39.4 Å². The highest BCUT2D eigenvalue weighted by Crippen LogP contribution is 2.22. The number of carbonyl (C=O) groups excluding carboxylic acids is 1. The fourth-order valence-corrected chi connectivity index (χ4v) is 2.71. The van der Waals surface area contributed by atoms with Crippen LogP contribution >= 0.6 is 11.8 Å². The molecule has 0 bridgehead atoms. The lowest BCUT2D eigenvalue weighted by Gasteiger charge is -1.98. The molecule has 23 heavy (non-hydrogen) atoms. The molecule has 10 heteroatoms. The van der Waals surface area contributed by atoms with Crippen molar-refractivity contribution in [1.82, 2.24) is 5.32 Å². The molecule has 1 aliphatic heterocycles. The Hall–Kier alpha value is -2.75. The molecule has 1 amide bonds. The van der Waals surface area contributed by atoms with Gasteiger partial charge in [0.15, 0.2) is 5.17 Å². The largest absolute Gasteiger partial charge is 0.481 e. The fourth-order valence-electron chi connectivity index (χ4n) is 1.80. The van der Waals surface area contributed by atoms with Gasteiger partial charge in [-0.2, -0.15) is 5.10 Å². The highest BCUT2D eigenvalue weighted by Gasteiger charge is 2.32. The maximum Gasteiger partial charge on any atom is 0.305 e. The number of amides is 1. The summed E-state index contributed by atoms with van der Waals surface area (Å²) >= 11 is 0.979. The number of aliphatic carboxylic acids is 1. The van der Waals surface area contributed by atoms with Gasteiger partial charge in [-0.3, -0.25) is 19.7 Å². The van der Waals surface area contributed by atoms with Gasteiger partial charge in [0.2, 0.25) is 5.91 Å². The molecule has 0 aliphatic carbocycles. The van der Waals surface area contributed by atoms with Gasteiger partial charge in [-0.05, 0) is 6.92 Å². The van der Waals surface area contributed by atoms with E-state index < -0.39 is 22.0 Å². The quantitative estimate of drug-likeness (QED) is 0.473. The number of aryl methyl sites for hydroxylation is 1. The number of carboxylic acid groups (broad SMARTS) is 1. The van der Waals surface area contributed by atoms with E-state index in [0.717, 1.165) is 11.8 Å². The van der Waals surface area contributed by atoms with Gasteiger partial charge in [-0.25, -0.2) is 0 Å². The lowest BCUT2D eigenvalue weighted by atomic mass is 10.1. The Bertz CT molecular complexity index is 731. The molecule has 9 nitrogen and oxygen atoms in total. The van der Waals surface area contributed by atoms with Crippen LogP contribution in [0.25, 0.3) is 0 Å². The molecule has 1 aromatic rings. The molecular formula is C13H12N4O5S. The molecule has 120 valence electrons. The Labute approximate surface area is 134 Å². The Morgan fingerprint density at radius 1 is 1.57 bits per heavy atom. The molecule has 1 aromatic carbocycles. The zero-order chi connectivity index (χ0) is 17.0. The normalized spacial score (nSPS) is 19.3. The van der Waals surface area contributed by atoms with Gasteiger partial charge in [0.25, 0.3) is 5.69 Å². The number of nitro groups is 1. The first kappa shape index (κ1) is 16.6. The standard InChI is InChI=1S/C13H12N4O5S/c1-7-2-3-8(4-9(7)17(21)22)6-14-16-13-15-12(20)10(23-13)5-11(18)19/h2-4,6,10H,5H2,1H3,(H,18,19)(H,15,16,20). The number of hydrogen-bond donors (Lipinski definition) is 2. The van der Waals surface area contributed by atoms with Gasteiger partial charge in [-0.15, -0.1) is 5.10 Å². The second-order valence-electron chi connectivity index (χ2n) is 4.65. The summed E-state index contributed by atoms with van der Waals surface area (Å²) in [5.41, 5.74) is 1.00. The molecule has 1 unspecified atom stereocenters. The number of nitrogens with zero attached hydrogens (tertiary/aromatic N) is 3. The zero-order valence-electron chi connectivity index (χ0n) is 11.9. The number of benzene rings is 1. The number of thioether (sulfide) groups is 1. The fraction of sp³-hybridized carbons (Fsp3) is 0.231. The van der Waals surface area contributed by atoms with Gasteiger partial charge in [0, 0.05) is 17.2 Å². The average Bonchev–Trinajstić information content (AvgIpc) is 2.80. The Balaban J connectivity index is 2.07. The maximum absolute atomic E-state index is 11.5. The van der Waals surface area contributed by atoms with E-state index in [4.69, 9.17) is 5.11 Å². The summed E-state index contributed by atoms with van der Waals surface area (Å²) in [7, 11) is 0. The number of carboxylic acids is 1. The summed E-state index contributed by atoms with van der Waals surface area (Å²) < 4.78 is 0. The van der Waals surface area contributed by atoms with E-state index in [2.05, 4.69) is 15.5 Å². The number of nitro benzene ring substituents is 1. The summed E-state index contributed by atoms with van der Waals surface area (Å²) in [5, 5.41) is 28.9. The van der Waals surface area contributed by atoms with E-state index in [1.165, 1.54) is 12.3 Å². The summed E-state index contributed by atoms with van der Waals surface area (Å²) in [5.74, 6) is -1.51. The van der Waals surface area contributed by atoms with Crippen molar-refractivity contribution in [3.8, 4) is 0 Å². The van der Waals surface area contributed by atoms with Gasteiger partial charge in [0.05, 0.1) is 17.6 Å². The molecule has 0 saturated carbocycles. The van der Waals surface area contributed by atoms with Crippen LogP contribution < -0.4 is 5.32 Å². The second-order valence-corrected chi connectivity index (χ2v) is 5.84. The molecule has 0 radical (unpaired) electrons. The van der Waals surface area contributed by atoms with Crippen LogP contribution in [-0.4, -0.2) is 38.5 Å². The number of nitrogens with one attached hydrogen (secondary N) is 1. The van der Waals surface area contributed by atoms with E-state index in [0.29, 0.717) is 11.1 Å². The first-order chi connectivity index (χ1) is 10.9. The third-order valence-corrected chi connectivity index (χ3v) is 3.99. The molecule has 0 aromatic heterocycles. The van der Waals surface area contributed by atoms with Gasteiger partial charge < -0.3 is 10.4 Å². The number of hydrogen-bond acceptors (Lipinski definition) is 7. The highest BCUT2D eigenvalue weighted by molar-refractivity contribution is 8.15. The predicted molar refractivity (Wildman–Crippen MR) is 84.6 cm³/mol. The van der Waals surface area contributed by atoms with Crippen molar-refractivity contribution in [1.29, 1.82) is 0 Å². The molecule has 2 N–H and O–H groups in total. The van der Waals surface area contributed by atoms with Crippen molar-refractivity contribution in [2.75, 3.05) is 0 Å². The van der Waals surface area contributed by atoms with Crippen LogP contribution in [0.4, 0.5) is 5.69 Å². The second kappa shape index (κ2) is 7.01. The predicted octanol–water partition coefficient (Wildman–Crippen LogP) is 1.30. The van der Waals surface area contributed by atoms with Gasteiger partial charge in [0.1, 0.15) is 5.25 Å². The van der Waals surface area contributed by atoms with Crippen molar-refractivity contribution in [2.45, 2.75) is 18.6 Å². The lowest BCUT2D eigenvalue weighted by Crippen LogP contribution is -2.26. The van der Waals surface area contributed by atoms with Crippen molar-refractivity contribution in [3.63, 3.8) is 0 Å². The summed E-state index contributed by atoms with van der Waals surface area (Å²) in [6, 6.07) is 4.62. The van der Waals surface area contributed by atoms with E-state index in [1.807, 2.05) is 0 Å². The van der Waals surface area contributed by atoms with Crippen molar-refractivity contribution >= 4 is 40.7 Å². The van der Waals surface area contributed by atoms with Crippen LogP contribution in [0.3, 0.4) is 0 Å². The summed E-state index contributed by atoms with van der Waals surface area (Å²) in [6.45, 7) is 1.63. The molecule has 1 heterocycles. The third kappa shape index (κ3) is 4.36. The van der Waals surface area contributed by atoms with Crippen LogP contribution in [0.1, 0.15) is 17.5 Å². The van der Waals surface area contributed by atoms with Gasteiger partial charge >= 0.3 is 5.97 Å². The highest BCUT2D eigenvalue weighted by atomic mass is 32.2. The zero-order valence-corrected chi connectivity index (χ0v) is 12.7. The van der Waals surface area contributed by atoms with Crippen LogP contribution in [0, 0.1) is 17.0 Å². The molecule has 0 spiro atoms. The van der Waals surface area contributed by atoms with E-state index >= 15 is 0 Å². The van der Waals surface area contributed by atoms with E-state index in [9.17, 15) is 19.7 Å². The molecule has 1 fully saturated rings. The topological polar surface area (TPSA) is 134 Å². The summed E-state index contributed by atoms with van der Waals surface area (Å²) in [4.78, 5) is 32.5. The monoisotopic (exact) mass is 336 g/mol. The molecule has 1 saturated heterocycles. The van der Waals surface area contributed by atoms with Gasteiger partial charge in [-0.1, -0.05) is 23.9 Å². The average molecular weight is 336 g/mol. The summed E-state index contributed by atoms with van der Waals surface area (Å²) in [6.07, 6.45) is 1.01. The Morgan fingerprint density at radius 2 is 2.30 bits per heavy atom. The smallest absolute Gasteiger partial charge is 0.305 e. The number of carbonyl (C=O) groups is 2.